The number of hydrogen-bond acceptors (Lipinski definition) is 6. The molecule has 1 unspecified atom stereocenters. The smallest absolute Gasteiger partial charge is 0.253 e. The van der Waals surface area contributed by atoms with Crippen molar-refractivity contribution in [2.75, 3.05) is 60.2 Å². The summed E-state index contributed by atoms with van der Waals surface area (Å²) in [6.07, 6.45) is 0. The Balaban J connectivity index is 2.14. The van der Waals surface area contributed by atoms with Crippen molar-refractivity contribution in [1.82, 2.24) is 14.5 Å². The molecule has 2 rings (SSSR count). The molecule has 0 saturated carbocycles. The van der Waals surface area contributed by atoms with Gasteiger partial charge in [0, 0.05) is 58.5 Å². The SMILES string of the molecule is COCCN(CCOC)S(=O)(=O)c1ccc(C(=O)N2CCNC(C)C2)cc1. The van der Waals surface area contributed by atoms with E-state index >= 15 is 0 Å². The quantitative estimate of drug-likeness (QED) is 0.647. The van der Waals surface area contributed by atoms with Gasteiger partial charge in [-0.05, 0) is 31.2 Å². The van der Waals surface area contributed by atoms with Crippen LogP contribution < -0.4 is 5.32 Å². The molecule has 1 atom stereocenters. The fourth-order valence-corrected chi connectivity index (χ4v) is 4.36. The summed E-state index contributed by atoms with van der Waals surface area (Å²) in [6.45, 7) is 5.13. The summed E-state index contributed by atoms with van der Waals surface area (Å²) in [4.78, 5) is 14.6. The fourth-order valence-electron chi connectivity index (χ4n) is 2.96. The van der Waals surface area contributed by atoms with Crippen molar-refractivity contribution in [1.29, 1.82) is 0 Å². The lowest BCUT2D eigenvalue weighted by Gasteiger charge is -2.32. The fraction of sp³-hybridized carbons (Fsp3) is 0.611. The third-order valence-corrected chi connectivity index (χ3v) is 6.40. The summed E-state index contributed by atoms with van der Waals surface area (Å²) in [7, 11) is -0.631. The second-order valence-corrected chi connectivity index (χ2v) is 8.46. The summed E-state index contributed by atoms with van der Waals surface area (Å²) in [5.41, 5.74) is 0.489. The van der Waals surface area contributed by atoms with Crippen LogP contribution in [0, 0.1) is 0 Å². The Labute approximate surface area is 161 Å². The predicted molar refractivity (Wildman–Crippen MR) is 102 cm³/mol. The van der Waals surface area contributed by atoms with Gasteiger partial charge in [0.1, 0.15) is 0 Å². The Morgan fingerprint density at radius 3 is 2.30 bits per heavy atom. The molecule has 0 bridgehead atoms. The maximum absolute atomic E-state index is 12.9. The molecule has 0 radical (unpaired) electrons. The Morgan fingerprint density at radius 2 is 1.78 bits per heavy atom. The molecule has 1 aliphatic rings. The van der Waals surface area contributed by atoms with Crippen LogP contribution in [-0.4, -0.2) is 89.7 Å². The molecule has 9 heteroatoms. The van der Waals surface area contributed by atoms with Gasteiger partial charge in [-0.2, -0.15) is 4.31 Å². The number of nitrogens with one attached hydrogen (secondary N) is 1. The first-order chi connectivity index (χ1) is 12.9. The van der Waals surface area contributed by atoms with E-state index in [0.29, 0.717) is 31.9 Å². The second kappa shape index (κ2) is 10.1. The van der Waals surface area contributed by atoms with E-state index in [-0.39, 0.29) is 29.9 Å². The normalized spacial score (nSPS) is 18.1. The van der Waals surface area contributed by atoms with E-state index in [1.807, 2.05) is 6.92 Å². The number of benzene rings is 1. The van der Waals surface area contributed by atoms with Crippen molar-refractivity contribution in [3.63, 3.8) is 0 Å². The monoisotopic (exact) mass is 399 g/mol. The van der Waals surface area contributed by atoms with Crippen molar-refractivity contribution in [2.24, 2.45) is 0 Å². The van der Waals surface area contributed by atoms with Gasteiger partial charge in [-0.3, -0.25) is 4.79 Å². The topological polar surface area (TPSA) is 88.2 Å². The van der Waals surface area contributed by atoms with E-state index < -0.39 is 10.0 Å². The maximum atomic E-state index is 12.9. The molecule has 1 amide bonds. The molecule has 0 aliphatic carbocycles. The standard InChI is InChI=1S/C18H29N3O5S/c1-15-14-20(9-8-19-15)18(22)16-4-6-17(7-5-16)27(23,24)21(10-12-25-2)11-13-26-3/h4-7,15,19H,8-14H2,1-3H3. The highest BCUT2D eigenvalue weighted by atomic mass is 32.2. The van der Waals surface area contributed by atoms with Crippen LogP contribution in [0.1, 0.15) is 17.3 Å². The lowest BCUT2D eigenvalue weighted by atomic mass is 10.1. The van der Waals surface area contributed by atoms with Crippen LogP contribution in [0.15, 0.2) is 29.2 Å². The molecule has 1 aromatic rings. The summed E-state index contributed by atoms with van der Waals surface area (Å²) in [5.74, 6) is -0.0806. The van der Waals surface area contributed by atoms with E-state index in [0.717, 1.165) is 6.54 Å². The first-order valence-corrected chi connectivity index (χ1v) is 10.4. The molecule has 0 aromatic heterocycles. The van der Waals surface area contributed by atoms with Crippen molar-refractivity contribution in [2.45, 2.75) is 17.9 Å². The molecule has 1 heterocycles. The molecule has 8 nitrogen and oxygen atoms in total. The molecular weight excluding hydrogens is 370 g/mol. The number of nitrogens with zero attached hydrogens (tertiary/aromatic N) is 2. The highest BCUT2D eigenvalue weighted by molar-refractivity contribution is 7.89. The number of ether oxygens (including phenoxy) is 2. The van der Waals surface area contributed by atoms with Crippen LogP contribution in [0.25, 0.3) is 0 Å². The number of carbonyl (C=O) groups is 1. The summed E-state index contributed by atoms with van der Waals surface area (Å²) >= 11 is 0. The van der Waals surface area contributed by atoms with Gasteiger partial charge in [0.05, 0.1) is 18.1 Å². The highest BCUT2D eigenvalue weighted by Gasteiger charge is 2.25. The van der Waals surface area contributed by atoms with E-state index in [2.05, 4.69) is 5.32 Å². The van der Waals surface area contributed by atoms with Crippen LogP contribution in [0.2, 0.25) is 0 Å². The molecule has 1 N–H and O–H groups in total. The predicted octanol–water partition coefficient (Wildman–Crippen LogP) is 0.404. The largest absolute Gasteiger partial charge is 0.383 e. The number of sulfonamides is 1. The Bertz CT molecular complexity index is 700. The van der Waals surface area contributed by atoms with Gasteiger partial charge in [-0.1, -0.05) is 0 Å². The van der Waals surface area contributed by atoms with Crippen molar-refractivity contribution in [3.8, 4) is 0 Å². The summed E-state index contributed by atoms with van der Waals surface area (Å²) in [6, 6.07) is 6.37. The summed E-state index contributed by atoms with van der Waals surface area (Å²) in [5, 5.41) is 3.29. The van der Waals surface area contributed by atoms with Gasteiger partial charge in [-0.15, -0.1) is 0 Å². The molecule has 1 fully saturated rings. The minimum atomic E-state index is -3.68. The average molecular weight is 400 g/mol. The molecule has 0 spiro atoms. The van der Waals surface area contributed by atoms with Crippen LogP contribution in [0.3, 0.4) is 0 Å². The second-order valence-electron chi connectivity index (χ2n) is 6.52. The van der Waals surface area contributed by atoms with Gasteiger partial charge >= 0.3 is 0 Å². The Hall–Kier alpha value is -1.52. The lowest BCUT2D eigenvalue weighted by molar-refractivity contribution is 0.0709. The number of carbonyl (C=O) groups excluding carboxylic acids is 1. The van der Waals surface area contributed by atoms with Crippen molar-refractivity contribution < 1.29 is 22.7 Å². The van der Waals surface area contributed by atoms with Gasteiger partial charge in [0.15, 0.2) is 0 Å². The first-order valence-electron chi connectivity index (χ1n) is 9.01. The van der Waals surface area contributed by atoms with Crippen LogP contribution in [0.5, 0.6) is 0 Å². The number of hydrogen-bond donors (Lipinski definition) is 1. The zero-order valence-corrected chi connectivity index (χ0v) is 17.0. The number of rotatable bonds is 9. The number of amides is 1. The Morgan fingerprint density at radius 1 is 1.19 bits per heavy atom. The van der Waals surface area contributed by atoms with Gasteiger partial charge in [0.25, 0.3) is 5.91 Å². The lowest BCUT2D eigenvalue weighted by Crippen LogP contribution is -2.51. The molecule has 152 valence electrons. The molecule has 27 heavy (non-hydrogen) atoms. The third kappa shape index (κ3) is 5.73. The van der Waals surface area contributed by atoms with Crippen LogP contribution in [-0.2, 0) is 19.5 Å². The van der Waals surface area contributed by atoms with Crippen molar-refractivity contribution in [3.05, 3.63) is 29.8 Å². The van der Waals surface area contributed by atoms with Gasteiger partial charge in [-0.25, -0.2) is 8.42 Å². The zero-order chi connectivity index (χ0) is 19.9. The van der Waals surface area contributed by atoms with E-state index in [9.17, 15) is 13.2 Å². The number of methoxy groups -OCH3 is 2. The van der Waals surface area contributed by atoms with Gasteiger partial charge in [0.2, 0.25) is 10.0 Å². The van der Waals surface area contributed by atoms with Crippen LogP contribution in [0.4, 0.5) is 0 Å². The van der Waals surface area contributed by atoms with Crippen molar-refractivity contribution >= 4 is 15.9 Å². The van der Waals surface area contributed by atoms with E-state index in [1.54, 1.807) is 17.0 Å². The highest BCUT2D eigenvalue weighted by Crippen LogP contribution is 2.18. The molecule has 1 saturated heterocycles. The average Bonchev–Trinajstić information content (AvgIpc) is 2.67. The Kier molecular flexibility index (Phi) is 8.18. The van der Waals surface area contributed by atoms with E-state index in [1.165, 1.54) is 30.7 Å². The summed E-state index contributed by atoms with van der Waals surface area (Å²) < 4.78 is 37.1. The molecule has 1 aromatic carbocycles. The minimum absolute atomic E-state index is 0.0806. The maximum Gasteiger partial charge on any atom is 0.253 e. The van der Waals surface area contributed by atoms with Crippen LogP contribution >= 0.6 is 0 Å². The third-order valence-electron chi connectivity index (χ3n) is 4.48. The number of piperazine rings is 1. The molecule has 1 aliphatic heterocycles. The first kappa shape index (κ1) is 21.8. The van der Waals surface area contributed by atoms with Gasteiger partial charge < -0.3 is 19.7 Å². The zero-order valence-electron chi connectivity index (χ0n) is 16.2. The molecular formula is C18H29N3O5S. The minimum Gasteiger partial charge on any atom is -0.383 e. The van der Waals surface area contributed by atoms with E-state index in [4.69, 9.17) is 9.47 Å².